The number of carbonyl (C=O) groups is 4. The van der Waals surface area contributed by atoms with Gasteiger partial charge in [0.1, 0.15) is 24.0 Å². The summed E-state index contributed by atoms with van der Waals surface area (Å²) in [5.41, 5.74) is 3.00. The average Bonchev–Trinajstić information content (AvgIpc) is 2.96. The predicted molar refractivity (Wildman–Crippen MR) is 160 cm³/mol. The van der Waals surface area contributed by atoms with Gasteiger partial charge in [-0.05, 0) is 64.2 Å². The van der Waals surface area contributed by atoms with E-state index in [0.717, 1.165) is 12.3 Å². The normalized spacial score (nSPS) is 29.0. The van der Waals surface area contributed by atoms with Gasteiger partial charge in [-0.1, -0.05) is 44.2 Å². The van der Waals surface area contributed by atoms with E-state index in [4.69, 9.17) is 9.72 Å². The molecule has 4 rings (SSSR count). The highest BCUT2D eigenvalue weighted by Gasteiger charge is 2.47. The second kappa shape index (κ2) is 12.5. The fraction of sp³-hybridized carbons (Fsp3) is 0.531. The first kappa shape index (κ1) is 32.2. The van der Waals surface area contributed by atoms with Crippen molar-refractivity contribution in [1.29, 1.82) is 0 Å². The maximum Gasteiger partial charge on any atom is 0.325 e. The van der Waals surface area contributed by atoms with E-state index in [1.165, 1.54) is 18.0 Å². The topological polar surface area (TPSA) is 158 Å². The van der Waals surface area contributed by atoms with E-state index in [1.807, 2.05) is 18.2 Å². The first-order valence-electron chi connectivity index (χ1n) is 14.8. The first-order chi connectivity index (χ1) is 20.1. The highest BCUT2D eigenvalue weighted by Crippen LogP contribution is 2.36. The van der Waals surface area contributed by atoms with Crippen LogP contribution in [0.1, 0.15) is 78.2 Å². The van der Waals surface area contributed by atoms with Crippen LogP contribution in [0.2, 0.25) is 0 Å². The monoisotopic (exact) mass is 594 g/mol. The van der Waals surface area contributed by atoms with Gasteiger partial charge in [-0.3, -0.25) is 24.2 Å². The van der Waals surface area contributed by atoms with E-state index in [1.54, 1.807) is 45.9 Å². The van der Waals surface area contributed by atoms with Crippen LogP contribution >= 0.6 is 0 Å². The van der Waals surface area contributed by atoms with Crippen LogP contribution < -0.4 is 10.7 Å². The van der Waals surface area contributed by atoms with Crippen LogP contribution in [0.15, 0.2) is 36.4 Å². The Morgan fingerprint density at radius 1 is 1.12 bits per heavy atom. The molecule has 11 heteroatoms. The molecule has 2 aliphatic heterocycles. The van der Waals surface area contributed by atoms with Gasteiger partial charge in [0.05, 0.1) is 16.6 Å². The molecule has 1 aromatic heterocycles. The second-order valence-corrected chi connectivity index (χ2v) is 12.3. The number of esters is 1. The fourth-order valence-corrected chi connectivity index (χ4v) is 5.35. The lowest BCUT2D eigenvalue weighted by atomic mass is 9.73. The van der Waals surface area contributed by atoms with Crippen molar-refractivity contribution >= 4 is 40.5 Å². The maximum absolute atomic E-state index is 13.7. The number of ketones is 1. The fourth-order valence-electron chi connectivity index (χ4n) is 5.35. The number of hydrogen-bond acceptors (Lipinski definition) is 9. The molecule has 0 spiro atoms. The van der Waals surface area contributed by atoms with Gasteiger partial charge < -0.3 is 20.3 Å². The number of rotatable bonds is 2. The highest BCUT2D eigenvalue weighted by atomic mass is 16.5. The maximum atomic E-state index is 13.7. The summed E-state index contributed by atoms with van der Waals surface area (Å²) in [6.07, 6.45) is 3.14. The predicted octanol–water partition coefficient (Wildman–Crippen LogP) is 2.80. The van der Waals surface area contributed by atoms with Crippen LogP contribution in [-0.4, -0.2) is 68.2 Å². The molecule has 11 nitrogen and oxygen atoms in total. The number of hydrazine groups is 1. The number of benzene rings is 1. The van der Waals surface area contributed by atoms with E-state index in [0.29, 0.717) is 36.2 Å². The Hall–Kier alpha value is -3.67. The van der Waals surface area contributed by atoms with Gasteiger partial charge in [0, 0.05) is 24.3 Å². The zero-order valence-electron chi connectivity index (χ0n) is 25.6. The highest BCUT2D eigenvalue weighted by molar-refractivity contribution is 5.94. The van der Waals surface area contributed by atoms with Crippen molar-refractivity contribution in [2.75, 3.05) is 6.54 Å². The third-order valence-electron chi connectivity index (χ3n) is 8.63. The molecule has 5 atom stereocenters. The Kier molecular flexibility index (Phi) is 9.39. The zero-order valence-corrected chi connectivity index (χ0v) is 25.6. The number of fused-ring (bicyclic) bond motifs is 4. The van der Waals surface area contributed by atoms with Crippen molar-refractivity contribution in [3.63, 3.8) is 0 Å². The van der Waals surface area contributed by atoms with Crippen LogP contribution in [0.25, 0.3) is 17.0 Å². The standard InChI is InChI=1S/C32H42N4O7/c1-18(2)23-17-27(37)31(5,32(6,41)42)14-13-21-9-10-22-11-12-24(34-26(22)16-21)20(4)43-30(40)25-8-7-15-36(35-25)29(39)19(3)33-28(23)38/h9-14,16,18-20,23,25,35,41-42H,7-8,15,17H2,1-6H3,(H,33,38)/b14-13+/t19-,20+,23-,25-,31?/m0/s1. The molecule has 5 bridgehead atoms. The molecule has 0 saturated carbocycles. The van der Waals surface area contributed by atoms with E-state index in [2.05, 4.69) is 10.7 Å². The molecular weight excluding hydrogens is 552 g/mol. The summed E-state index contributed by atoms with van der Waals surface area (Å²) >= 11 is 0. The van der Waals surface area contributed by atoms with E-state index in [9.17, 15) is 29.4 Å². The molecule has 232 valence electrons. The molecule has 2 amide bonds. The zero-order chi connectivity index (χ0) is 31.7. The molecule has 43 heavy (non-hydrogen) atoms. The second-order valence-electron chi connectivity index (χ2n) is 12.3. The van der Waals surface area contributed by atoms with Gasteiger partial charge in [-0.15, -0.1) is 0 Å². The number of nitrogens with zero attached hydrogens (tertiary/aromatic N) is 2. The smallest absolute Gasteiger partial charge is 0.325 e. The van der Waals surface area contributed by atoms with Crippen LogP contribution in [0.4, 0.5) is 0 Å². The van der Waals surface area contributed by atoms with Crippen molar-refractivity contribution in [2.24, 2.45) is 17.3 Å². The third-order valence-corrected chi connectivity index (χ3v) is 8.63. The number of Topliss-reactive ketones (excluding diaryl/α,β-unsaturated/α-hetero) is 1. The number of cyclic esters (lactones) is 1. The number of carbonyl (C=O) groups excluding carboxylic acids is 4. The van der Waals surface area contributed by atoms with Crippen LogP contribution in [0, 0.1) is 17.3 Å². The lowest BCUT2D eigenvalue weighted by Gasteiger charge is -2.37. The third kappa shape index (κ3) is 6.95. The number of amides is 2. The summed E-state index contributed by atoms with van der Waals surface area (Å²) in [5.74, 6) is -5.56. The minimum Gasteiger partial charge on any atom is -0.455 e. The minimum atomic E-state index is -2.44. The van der Waals surface area contributed by atoms with Crippen LogP contribution in [-0.2, 0) is 23.9 Å². The minimum absolute atomic E-state index is 0.279. The van der Waals surface area contributed by atoms with Crippen LogP contribution in [0.5, 0.6) is 0 Å². The molecule has 2 aliphatic rings. The van der Waals surface area contributed by atoms with E-state index in [-0.39, 0.29) is 12.3 Å². The molecule has 0 aliphatic carbocycles. The molecular formula is C32H42N4O7. The molecule has 1 aromatic carbocycles. The molecule has 2 aromatic rings. The number of pyridine rings is 1. The van der Waals surface area contributed by atoms with Crippen molar-refractivity contribution in [3.8, 4) is 0 Å². The van der Waals surface area contributed by atoms with Crippen molar-refractivity contribution in [2.45, 2.75) is 84.8 Å². The molecule has 0 radical (unpaired) electrons. The van der Waals surface area contributed by atoms with Crippen LogP contribution in [0.3, 0.4) is 0 Å². The molecule has 1 unspecified atom stereocenters. The molecule has 4 N–H and O–H groups in total. The SMILES string of the molecule is CC(C)[C@@H]1CC(=O)C(C)(C(C)(O)O)/C=C/c2ccc3ccc(nc3c2)[C@@H](C)OC(=O)[C@@H]2CCCN(N2)C(=O)[C@H](C)NC1=O. The lowest BCUT2D eigenvalue weighted by molar-refractivity contribution is -0.208. The van der Waals surface area contributed by atoms with Gasteiger partial charge in [-0.25, -0.2) is 10.4 Å². The van der Waals surface area contributed by atoms with Gasteiger partial charge in [0.15, 0.2) is 5.79 Å². The van der Waals surface area contributed by atoms with E-state index >= 15 is 0 Å². The Morgan fingerprint density at radius 3 is 2.49 bits per heavy atom. The largest absolute Gasteiger partial charge is 0.455 e. The average molecular weight is 595 g/mol. The van der Waals surface area contributed by atoms with Gasteiger partial charge in [0.25, 0.3) is 5.91 Å². The molecule has 1 fully saturated rings. The summed E-state index contributed by atoms with van der Waals surface area (Å²) in [5, 5.41) is 26.3. The summed E-state index contributed by atoms with van der Waals surface area (Å²) < 4.78 is 5.74. The summed E-state index contributed by atoms with van der Waals surface area (Å²) in [6, 6.07) is 7.41. The Labute approximate surface area is 251 Å². The summed E-state index contributed by atoms with van der Waals surface area (Å²) in [7, 11) is 0. The number of aromatic nitrogens is 1. The van der Waals surface area contributed by atoms with Crippen molar-refractivity contribution < 1.29 is 34.1 Å². The Bertz CT molecular complexity index is 1430. The van der Waals surface area contributed by atoms with Crippen molar-refractivity contribution in [3.05, 3.63) is 47.7 Å². The van der Waals surface area contributed by atoms with Crippen molar-refractivity contribution in [1.82, 2.24) is 20.7 Å². The van der Waals surface area contributed by atoms with Gasteiger partial charge in [-0.2, -0.15) is 0 Å². The number of hydrogen-bond donors (Lipinski definition) is 4. The number of nitrogens with one attached hydrogen (secondary N) is 2. The Morgan fingerprint density at radius 2 is 1.81 bits per heavy atom. The quantitative estimate of drug-likeness (QED) is 0.303. The lowest BCUT2D eigenvalue weighted by Crippen LogP contribution is -2.60. The van der Waals surface area contributed by atoms with Gasteiger partial charge in [0.2, 0.25) is 5.91 Å². The summed E-state index contributed by atoms with van der Waals surface area (Å²) in [6.45, 7) is 9.74. The Balaban J connectivity index is 1.77. The number of ether oxygens (including phenoxy) is 1. The molecule has 1 saturated heterocycles. The summed E-state index contributed by atoms with van der Waals surface area (Å²) in [4.78, 5) is 58.2. The number of aliphatic hydroxyl groups is 2. The van der Waals surface area contributed by atoms with Gasteiger partial charge >= 0.3 is 5.97 Å². The first-order valence-corrected chi connectivity index (χ1v) is 14.8. The van der Waals surface area contributed by atoms with E-state index < -0.39 is 58.9 Å². The molecule has 3 heterocycles.